The van der Waals surface area contributed by atoms with Crippen LogP contribution in [0.2, 0.25) is 0 Å². The summed E-state index contributed by atoms with van der Waals surface area (Å²) in [5, 5.41) is 10.0. The molecule has 0 amide bonds. The molecule has 0 spiro atoms. The molecule has 4 aliphatic carbocycles. The number of carbonyl (C=O) groups excluding carboxylic acids is 1. The predicted octanol–water partition coefficient (Wildman–Crippen LogP) is 4.05. The highest BCUT2D eigenvalue weighted by Crippen LogP contribution is 2.57. The highest BCUT2D eigenvalue weighted by molar-refractivity contribution is 5.94. The molecule has 0 heterocycles. The summed E-state index contributed by atoms with van der Waals surface area (Å²) in [4.78, 5) is 11.9. The summed E-state index contributed by atoms with van der Waals surface area (Å²) in [6.07, 6.45) is 10.1. The molecule has 0 aromatic heterocycles. The Hall–Kier alpha value is -0.890. The molecular formula is C20H28O2. The first-order chi connectivity index (χ1) is 10.6. The number of aliphatic hydroxyl groups is 1. The molecule has 2 heteroatoms. The first-order valence-corrected chi connectivity index (χ1v) is 9.13. The van der Waals surface area contributed by atoms with Crippen LogP contribution in [0, 0.1) is 29.6 Å². The summed E-state index contributed by atoms with van der Waals surface area (Å²) in [6, 6.07) is 0. The zero-order valence-electron chi connectivity index (χ0n) is 13.8. The Labute approximate surface area is 133 Å². The van der Waals surface area contributed by atoms with Crippen molar-refractivity contribution in [2.75, 3.05) is 0 Å². The number of Topliss-reactive ketones (excluding diaryl/α,β-unsaturated/α-hetero) is 1. The number of aliphatic hydroxyl groups excluding tert-OH is 1. The van der Waals surface area contributed by atoms with Crippen molar-refractivity contribution in [1.29, 1.82) is 0 Å². The Morgan fingerprint density at radius 2 is 1.82 bits per heavy atom. The standard InChI is InChI=1S/C20H28O2/c1-11-9-20-17-6-5-14(12(2)21)15(17)7-8-18(20)16-4-3-13(22)10-19(11)16/h5,13,15-18,20,22H,3-4,6-10H2,1-2H3. The van der Waals surface area contributed by atoms with Crippen molar-refractivity contribution >= 4 is 5.78 Å². The number of fused-ring (bicyclic) bond motifs is 5. The topological polar surface area (TPSA) is 37.3 Å². The van der Waals surface area contributed by atoms with E-state index in [0.717, 1.165) is 42.6 Å². The zero-order chi connectivity index (χ0) is 15.4. The van der Waals surface area contributed by atoms with E-state index in [2.05, 4.69) is 13.0 Å². The third-order valence-electron chi connectivity index (χ3n) is 7.16. The van der Waals surface area contributed by atoms with E-state index in [1.54, 1.807) is 18.1 Å². The summed E-state index contributed by atoms with van der Waals surface area (Å²) < 4.78 is 0. The minimum absolute atomic E-state index is 0.105. The lowest BCUT2D eigenvalue weighted by atomic mass is 9.55. The lowest BCUT2D eigenvalue weighted by Gasteiger charge is -2.50. The maximum Gasteiger partial charge on any atom is 0.155 e. The highest BCUT2D eigenvalue weighted by atomic mass is 16.3. The van der Waals surface area contributed by atoms with Gasteiger partial charge in [0.15, 0.2) is 5.78 Å². The van der Waals surface area contributed by atoms with Gasteiger partial charge in [0.05, 0.1) is 6.10 Å². The van der Waals surface area contributed by atoms with Crippen LogP contribution in [-0.4, -0.2) is 17.0 Å². The molecule has 4 rings (SSSR count). The van der Waals surface area contributed by atoms with Gasteiger partial charge in [-0.1, -0.05) is 17.2 Å². The first kappa shape index (κ1) is 14.7. The normalized spacial score (nSPS) is 44.0. The lowest BCUT2D eigenvalue weighted by Crippen LogP contribution is -2.42. The quantitative estimate of drug-likeness (QED) is 0.742. The van der Waals surface area contributed by atoms with Crippen molar-refractivity contribution < 1.29 is 9.90 Å². The van der Waals surface area contributed by atoms with Crippen LogP contribution in [0.15, 0.2) is 22.8 Å². The summed E-state index contributed by atoms with van der Waals surface area (Å²) in [5.74, 6) is 3.87. The van der Waals surface area contributed by atoms with Crippen molar-refractivity contribution in [3.05, 3.63) is 22.8 Å². The van der Waals surface area contributed by atoms with Crippen LogP contribution in [0.3, 0.4) is 0 Å². The van der Waals surface area contributed by atoms with E-state index < -0.39 is 0 Å². The second kappa shape index (κ2) is 5.33. The van der Waals surface area contributed by atoms with Crippen molar-refractivity contribution in [3.63, 3.8) is 0 Å². The molecule has 120 valence electrons. The van der Waals surface area contributed by atoms with E-state index in [-0.39, 0.29) is 6.10 Å². The van der Waals surface area contributed by atoms with E-state index in [9.17, 15) is 9.90 Å². The molecule has 0 bridgehead atoms. The minimum Gasteiger partial charge on any atom is -0.393 e. The molecule has 4 aliphatic rings. The summed E-state index contributed by atoms with van der Waals surface area (Å²) in [5.41, 5.74) is 4.29. The van der Waals surface area contributed by atoms with Gasteiger partial charge in [0.25, 0.3) is 0 Å². The monoisotopic (exact) mass is 300 g/mol. The molecular weight excluding hydrogens is 272 g/mol. The van der Waals surface area contributed by atoms with E-state index in [0.29, 0.717) is 17.6 Å². The lowest BCUT2D eigenvalue weighted by molar-refractivity contribution is -0.114. The summed E-state index contributed by atoms with van der Waals surface area (Å²) in [6.45, 7) is 4.04. The van der Waals surface area contributed by atoms with Gasteiger partial charge in [-0.2, -0.15) is 0 Å². The molecule has 0 aromatic rings. The Bertz CT molecular complexity index is 556. The molecule has 2 fully saturated rings. The number of rotatable bonds is 1. The van der Waals surface area contributed by atoms with E-state index in [4.69, 9.17) is 0 Å². The van der Waals surface area contributed by atoms with Crippen molar-refractivity contribution in [2.45, 2.75) is 64.9 Å². The Morgan fingerprint density at radius 3 is 2.59 bits per heavy atom. The highest BCUT2D eigenvalue weighted by Gasteiger charge is 2.49. The Morgan fingerprint density at radius 1 is 1.05 bits per heavy atom. The number of allylic oxidation sites excluding steroid dienone is 3. The van der Waals surface area contributed by atoms with Gasteiger partial charge < -0.3 is 5.11 Å². The SMILES string of the molecule is CC(=O)C1=CCC2C1CCC1C3CCC(O)CC3=C(C)CC21. The fraction of sp³-hybridized carbons (Fsp3) is 0.750. The van der Waals surface area contributed by atoms with Gasteiger partial charge in [-0.05, 0) is 94.0 Å². The fourth-order valence-electron chi connectivity index (χ4n) is 6.26. The molecule has 0 aliphatic heterocycles. The Balaban J connectivity index is 1.62. The van der Waals surface area contributed by atoms with Crippen LogP contribution in [0.4, 0.5) is 0 Å². The van der Waals surface area contributed by atoms with Crippen LogP contribution in [0.25, 0.3) is 0 Å². The molecule has 0 aromatic carbocycles. The van der Waals surface area contributed by atoms with Crippen LogP contribution >= 0.6 is 0 Å². The fourth-order valence-corrected chi connectivity index (χ4v) is 6.26. The average molecular weight is 300 g/mol. The number of hydrogen-bond donors (Lipinski definition) is 1. The Kier molecular flexibility index (Phi) is 3.56. The van der Waals surface area contributed by atoms with E-state index >= 15 is 0 Å². The molecule has 0 radical (unpaired) electrons. The largest absolute Gasteiger partial charge is 0.393 e. The first-order valence-electron chi connectivity index (χ1n) is 9.13. The second-order valence-corrected chi connectivity index (χ2v) is 8.18. The maximum absolute atomic E-state index is 11.9. The van der Waals surface area contributed by atoms with Crippen molar-refractivity contribution in [2.24, 2.45) is 29.6 Å². The van der Waals surface area contributed by atoms with Gasteiger partial charge in [-0.15, -0.1) is 0 Å². The maximum atomic E-state index is 11.9. The van der Waals surface area contributed by atoms with E-state index in [1.807, 2.05) is 0 Å². The van der Waals surface area contributed by atoms with Crippen LogP contribution in [0.5, 0.6) is 0 Å². The molecule has 2 saturated carbocycles. The van der Waals surface area contributed by atoms with Crippen LogP contribution in [0.1, 0.15) is 58.8 Å². The molecule has 22 heavy (non-hydrogen) atoms. The number of carbonyl (C=O) groups is 1. The smallest absolute Gasteiger partial charge is 0.155 e. The van der Waals surface area contributed by atoms with E-state index in [1.165, 1.54) is 25.7 Å². The summed E-state index contributed by atoms with van der Waals surface area (Å²) >= 11 is 0. The molecule has 2 nitrogen and oxygen atoms in total. The van der Waals surface area contributed by atoms with Gasteiger partial charge in [0.2, 0.25) is 0 Å². The minimum atomic E-state index is -0.105. The van der Waals surface area contributed by atoms with Gasteiger partial charge in [0.1, 0.15) is 0 Å². The van der Waals surface area contributed by atoms with Gasteiger partial charge in [-0.3, -0.25) is 4.79 Å². The van der Waals surface area contributed by atoms with Gasteiger partial charge in [-0.25, -0.2) is 0 Å². The zero-order valence-corrected chi connectivity index (χ0v) is 13.8. The van der Waals surface area contributed by atoms with Crippen molar-refractivity contribution in [3.8, 4) is 0 Å². The van der Waals surface area contributed by atoms with Crippen molar-refractivity contribution in [1.82, 2.24) is 0 Å². The third kappa shape index (κ3) is 2.14. The molecule has 6 unspecified atom stereocenters. The number of ketones is 1. The molecule has 1 N–H and O–H groups in total. The summed E-state index contributed by atoms with van der Waals surface area (Å²) in [7, 11) is 0. The van der Waals surface area contributed by atoms with Gasteiger partial charge >= 0.3 is 0 Å². The molecule has 0 saturated heterocycles. The van der Waals surface area contributed by atoms with Crippen LogP contribution < -0.4 is 0 Å². The van der Waals surface area contributed by atoms with Gasteiger partial charge in [0, 0.05) is 0 Å². The average Bonchev–Trinajstić information content (AvgIpc) is 2.92. The predicted molar refractivity (Wildman–Crippen MR) is 87.2 cm³/mol. The third-order valence-corrected chi connectivity index (χ3v) is 7.16. The second-order valence-electron chi connectivity index (χ2n) is 8.18. The number of hydrogen-bond acceptors (Lipinski definition) is 2. The van der Waals surface area contributed by atoms with Crippen LogP contribution in [-0.2, 0) is 4.79 Å². The molecule has 6 atom stereocenters.